The fourth-order valence-electron chi connectivity index (χ4n) is 2.20. The van der Waals surface area contributed by atoms with Crippen LogP contribution in [0.1, 0.15) is 30.9 Å². The highest BCUT2D eigenvalue weighted by molar-refractivity contribution is 5.69. The molecule has 0 radical (unpaired) electrons. The molecule has 0 aliphatic heterocycles. The molecular weight excluding hydrogens is 214 g/mol. The van der Waals surface area contributed by atoms with Crippen LogP contribution in [0.5, 0.6) is 0 Å². The summed E-state index contributed by atoms with van der Waals surface area (Å²) >= 11 is 0. The van der Waals surface area contributed by atoms with Crippen molar-refractivity contribution in [1.82, 2.24) is 4.90 Å². The molecule has 1 fully saturated rings. The van der Waals surface area contributed by atoms with Crippen molar-refractivity contribution < 1.29 is 9.90 Å². The Morgan fingerprint density at radius 3 is 2.53 bits per heavy atom. The molecule has 0 saturated heterocycles. The molecule has 2 rings (SSSR count). The van der Waals surface area contributed by atoms with Gasteiger partial charge in [0.25, 0.3) is 0 Å². The van der Waals surface area contributed by atoms with Crippen LogP contribution in [0, 0.1) is 0 Å². The third-order valence-corrected chi connectivity index (χ3v) is 3.27. The number of carbonyl (C=O) groups is 1. The Bertz CT molecular complexity index is 399. The van der Waals surface area contributed by atoms with Gasteiger partial charge in [0.15, 0.2) is 0 Å². The number of aliphatic carboxylic acids is 1. The van der Waals surface area contributed by atoms with Crippen molar-refractivity contribution in [2.24, 2.45) is 0 Å². The van der Waals surface area contributed by atoms with E-state index in [4.69, 9.17) is 5.11 Å². The number of carboxylic acid groups (broad SMARTS) is 1. The molecule has 0 bridgehead atoms. The summed E-state index contributed by atoms with van der Waals surface area (Å²) in [6.07, 6.45) is 3.28. The van der Waals surface area contributed by atoms with Gasteiger partial charge < -0.3 is 5.11 Å². The van der Waals surface area contributed by atoms with Crippen molar-refractivity contribution in [2.75, 3.05) is 6.54 Å². The number of benzene rings is 1. The van der Waals surface area contributed by atoms with Crippen LogP contribution in [0.25, 0.3) is 0 Å². The SMILES string of the molecule is CCc1ccccc1CN(CC(=O)O)C1CC1. The minimum atomic E-state index is -0.731. The Kier molecular flexibility index (Phi) is 3.79. The second-order valence-electron chi connectivity index (χ2n) is 4.65. The summed E-state index contributed by atoms with van der Waals surface area (Å²) in [4.78, 5) is 12.9. The second kappa shape index (κ2) is 5.32. The van der Waals surface area contributed by atoms with E-state index in [9.17, 15) is 4.79 Å². The average molecular weight is 233 g/mol. The third kappa shape index (κ3) is 3.30. The van der Waals surface area contributed by atoms with E-state index in [1.54, 1.807) is 0 Å². The summed E-state index contributed by atoms with van der Waals surface area (Å²) in [5, 5.41) is 8.92. The van der Waals surface area contributed by atoms with Crippen LogP contribution in [0.4, 0.5) is 0 Å². The minimum Gasteiger partial charge on any atom is -0.480 e. The number of rotatable bonds is 6. The number of hydrogen-bond donors (Lipinski definition) is 1. The van der Waals surface area contributed by atoms with Crippen LogP contribution in [0.2, 0.25) is 0 Å². The van der Waals surface area contributed by atoms with Crippen LogP contribution >= 0.6 is 0 Å². The number of carboxylic acids is 1. The lowest BCUT2D eigenvalue weighted by molar-refractivity contribution is -0.138. The normalized spacial score (nSPS) is 15.2. The molecule has 0 unspecified atom stereocenters. The first-order valence-electron chi connectivity index (χ1n) is 6.23. The Morgan fingerprint density at radius 2 is 2.00 bits per heavy atom. The Morgan fingerprint density at radius 1 is 1.35 bits per heavy atom. The van der Waals surface area contributed by atoms with E-state index in [0.29, 0.717) is 6.04 Å². The molecule has 0 aromatic heterocycles. The summed E-state index contributed by atoms with van der Waals surface area (Å²) in [6, 6.07) is 8.79. The van der Waals surface area contributed by atoms with Gasteiger partial charge in [0.1, 0.15) is 0 Å². The number of aryl methyl sites for hydroxylation is 1. The molecule has 3 nitrogen and oxygen atoms in total. The summed E-state index contributed by atoms with van der Waals surface area (Å²) < 4.78 is 0. The van der Waals surface area contributed by atoms with E-state index in [1.807, 2.05) is 12.1 Å². The maximum atomic E-state index is 10.8. The van der Waals surface area contributed by atoms with E-state index in [-0.39, 0.29) is 6.54 Å². The van der Waals surface area contributed by atoms with Crippen molar-refractivity contribution >= 4 is 5.97 Å². The largest absolute Gasteiger partial charge is 0.480 e. The first-order chi connectivity index (χ1) is 8.20. The molecule has 1 N–H and O–H groups in total. The highest BCUT2D eigenvalue weighted by atomic mass is 16.4. The Balaban J connectivity index is 2.08. The van der Waals surface area contributed by atoms with Crippen LogP contribution in [-0.4, -0.2) is 28.6 Å². The molecule has 1 aromatic rings. The van der Waals surface area contributed by atoms with Gasteiger partial charge in [0.05, 0.1) is 6.54 Å². The van der Waals surface area contributed by atoms with Gasteiger partial charge in [-0.15, -0.1) is 0 Å². The highest BCUT2D eigenvalue weighted by Crippen LogP contribution is 2.28. The van der Waals surface area contributed by atoms with E-state index >= 15 is 0 Å². The first kappa shape index (κ1) is 12.1. The van der Waals surface area contributed by atoms with Gasteiger partial charge in [-0.3, -0.25) is 9.69 Å². The van der Waals surface area contributed by atoms with E-state index < -0.39 is 5.97 Å². The van der Waals surface area contributed by atoms with E-state index in [0.717, 1.165) is 25.8 Å². The number of nitrogens with zero attached hydrogens (tertiary/aromatic N) is 1. The second-order valence-corrected chi connectivity index (χ2v) is 4.65. The Hall–Kier alpha value is -1.35. The fraction of sp³-hybridized carbons (Fsp3) is 0.500. The van der Waals surface area contributed by atoms with Crippen LogP contribution < -0.4 is 0 Å². The van der Waals surface area contributed by atoms with Crippen molar-refractivity contribution in [2.45, 2.75) is 38.8 Å². The molecule has 1 aliphatic rings. The highest BCUT2D eigenvalue weighted by Gasteiger charge is 2.30. The molecule has 1 aliphatic carbocycles. The van der Waals surface area contributed by atoms with Crippen molar-refractivity contribution in [1.29, 1.82) is 0 Å². The standard InChI is InChI=1S/C14H19NO2/c1-2-11-5-3-4-6-12(11)9-15(10-14(16)17)13-7-8-13/h3-6,13H,2,7-10H2,1H3,(H,16,17). The maximum absolute atomic E-state index is 10.8. The van der Waals surface area contributed by atoms with E-state index in [2.05, 4.69) is 24.0 Å². The average Bonchev–Trinajstić information content (AvgIpc) is 3.12. The van der Waals surface area contributed by atoms with Gasteiger partial charge in [-0.1, -0.05) is 31.2 Å². The zero-order chi connectivity index (χ0) is 12.3. The first-order valence-corrected chi connectivity index (χ1v) is 6.23. The lowest BCUT2D eigenvalue weighted by atomic mass is 10.0. The van der Waals surface area contributed by atoms with Crippen molar-refractivity contribution in [3.63, 3.8) is 0 Å². The molecule has 92 valence electrons. The van der Waals surface area contributed by atoms with E-state index in [1.165, 1.54) is 11.1 Å². The lowest BCUT2D eigenvalue weighted by Crippen LogP contribution is -2.31. The maximum Gasteiger partial charge on any atom is 0.317 e. The van der Waals surface area contributed by atoms with Crippen LogP contribution in [0.15, 0.2) is 24.3 Å². The Labute approximate surface area is 102 Å². The monoisotopic (exact) mass is 233 g/mol. The summed E-state index contributed by atoms with van der Waals surface area (Å²) in [6.45, 7) is 3.06. The topological polar surface area (TPSA) is 40.5 Å². The van der Waals surface area contributed by atoms with Gasteiger partial charge in [-0.05, 0) is 30.4 Å². The third-order valence-electron chi connectivity index (χ3n) is 3.27. The molecule has 0 spiro atoms. The molecule has 1 saturated carbocycles. The predicted molar refractivity (Wildman–Crippen MR) is 66.9 cm³/mol. The van der Waals surface area contributed by atoms with Crippen molar-refractivity contribution in [3.8, 4) is 0 Å². The molecule has 17 heavy (non-hydrogen) atoms. The molecule has 3 heteroatoms. The quantitative estimate of drug-likeness (QED) is 0.819. The number of hydrogen-bond acceptors (Lipinski definition) is 2. The molecule has 1 aromatic carbocycles. The summed E-state index contributed by atoms with van der Waals surface area (Å²) in [5.74, 6) is -0.731. The zero-order valence-corrected chi connectivity index (χ0v) is 10.2. The van der Waals surface area contributed by atoms with Crippen molar-refractivity contribution in [3.05, 3.63) is 35.4 Å². The molecule has 0 heterocycles. The molecule has 0 atom stereocenters. The molecule has 0 amide bonds. The smallest absolute Gasteiger partial charge is 0.317 e. The van der Waals surface area contributed by atoms with Gasteiger partial charge >= 0.3 is 5.97 Å². The van der Waals surface area contributed by atoms with Crippen LogP contribution in [0.3, 0.4) is 0 Å². The van der Waals surface area contributed by atoms with Gasteiger partial charge in [-0.2, -0.15) is 0 Å². The summed E-state index contributed by atoms with van der Waals surface area (Å²) in [5.41, 5.74) is 2.59. The minimum absolute atomic E-state index is 0.155. The van der Waals surface area contributed by atoms with Gasteiger partial charge in [-0.25, -0.2) is 0 Å². The lowest BCUT2D eigenvalue weighted by Gasteiger charge is -2.21. The molecular formula is C14H19NO2. The zero-order valence-electron chi connectivity index (χ0n) is 10.2. The summed E-state index contributed by atoms with van der Waals surface area (Å²) in [7, 11) is 0. The van der Waals surface area contributed by atoms with Crippen LogP contribution in [-0.2, 0) is 17.8 Å². The predicted octanol–water partition coefficient (Wildman–Crippen LogP) is 2.30. The fourth-order valence-corrected chi connectivity index (χ4v) is 2.20. The van der Waals surface area contributed by atoms with Gasteiger partial charge in [0.2, 0.25) is 0 Å². The van der Waals surface area contributed by atoms with Gasteiger partial charge in [0, 0.05) is 12.6 Å².